The Labute approximate surface area is 153 Å². The first kappa shape index (κ1) is 17.8. The van der Waals surface area contributed by atoms with Gasteiger partial charge in [0.15, 0.2) is 0 Å². The van der Waals surface area contributed by atoms with E-state index in [0.29, 0.717) is 10.7 Å². The molecule has 25 heavy (non-hydrogen) atoms. The number of anilines is 1. The number of amides is 1. The maximum atomic E-state index is 12.4. The number of piperidine rings is 1. The van der Waals surface area contributed by atoms with Crippen LogP contribution in [-0.4, -0.2) is 35.5 Å². The quantitative estimate of drug-likeness (QED) is 0.796. The van der Waals surface area contributed by atoms with Gasteiger partial charge in [0.1, 0.15) is 5.75 Å². The number of hydrogen-bond acceptors (Lipinski definition) is 3. The standard InChI is InChI=1S/C20H23ClN2O2/c21-17-6-7-19(24)18(14-17)22-20(25)16-9-12-23(13-10-16)11-8-15-4-2-1-3-5-15/h1-7,14,16,24H,8-13H2,(H,22,25). The molecule has 2 aromatic carbocycles. The van der Waals surface area contributed by atoms with Gasteiger partial charge in [-0.3, -0.25) is 4.79 Å². The minimum atomic E-state index is -0.0414. The van der Waals surface area contributed by atoms with E-state index in [4.69, 9.17) is 11.6 Å². The summed E-state index contributed by atoms with van der Waals surface area (Å²) in [5.74, 6) is -0.0234. The molecule has 132 valence electrons. The zero-order valence-corrected chi connectivity index (χ0v) is 14.9. The molecule has 0 radical (unpaired) electrons. The molecule has 0 bridgehead atoms. The molecule has 5 heteroatoms. The zero-order chi connectivity index (χ0) is 17.6. The summed E-state index contributed by atoms with van der Waals surface area (Å²) >= 11 is 5.92. The Bertz CT molecular complexity index is 713. The lowest BCUT2D eigenvalue weighted by molar-refractivity contribution is -0.121. The van der Waals surface area contributed by atoms with E-state index in [9.17, 15) is 9.90 Å². The van der Waals surface area contributed by atoms with Gasteiger partial charge in [0.25, 0.3) is 0 Å². The fraction of sp³-hybridized carbons (Fsp3) is 0.350. The van der Waals surface area contributed by atoms with E-state index in [1.165, 1.54) is 11.6 Å². The van der Waals surface area contributed by atoms with E-state index in [2.05, 4.69) is 34.5 Å². The Balaban J connectivity index is 1.47. The van der Waals surface area contributed by atoms with Gasteiger partial charge in [-0.2, -0.15) is 0 Å². The van der Waals surface area contributed by atoms with Gasteiger partial charge in [0.2, 0.25) is 5.91 Å². The van der Waals surface area contributed by atoms with Crippen molar-refractivity contribution in [2.45, 2.75) is 19.3 Å². The molecule has 1 aliphatic heterocycles. The highest BCUT2D eigenvalue weighted by Gasteiger charge is 2.25. The fourth-order valence-electron chi connectivity index (χ4n) is 3.19. The van der Waals surface area contributed by atoms with Crippen LogP contribution in [0, 0.1) is 5.92 Å². The van der Waals surface area contributed by atoms with Crippen LogP contribution in [0.25, 0.3) is 0 Å². The Hall–Kier alpha value is -2.04. The molecule has 4 nitrogen and oxygen atoms in total. The SMILES string of the molecule is O=C(Nc1cc(Cl)ccc1O)C1CCN(CCc2ccccc2)CC1. The first-order valence-electron chi connectivity index (χ1n) is 8.67. The summed E-state index contributed by atoms with van der Waals surface area (Å²) in [6.07, 6.45) is 2.71. The van der Waals surface area contributed by atoms with Gasteiger partial charge in [0.05, 0.1) is 5.69 Å². The molecule has 1 amide bonds. The molecule has 0 atom stereocenters. The normalized spacial score (nSPS) is 15.9. The lowest BCUT2D eigenvalue weighted by Crippen LogP contribution is -2.39. The second kappa shape index (κ2) is 8.37. The van der Waals surface area contributed by atoms with E-state index in [1.54, 1.807) is 12.1 Å². The molecule has 0 saturated carbocycles. The molecule has 0 aromatic heterocycles. The number of likely N-dealkylation sites (tertiary alicyclic amines) is 1. The van der Waals surface area contributed by atoms with Crippen molar-refractivity contribution in [1.82, 2.24) is 4.90 Å². The Kier molecular flexibility index (Phi) is 5.95. The summed E-state index contributed by atoms with van der Waals surface area (Å²) in [7, 11) is 0. The van der Waals surface area contributed by atoms with E-state index in [-0.39, 0.29) is 17.6 Å². The predicted octanol–water partition coefficient (Wildman–Crippen LogP) is 3.94. The van der Waals surface area contributed by atoms with Crippen molar-refractivity contribution in [1.29, 1.82) is 0 Å². The highest BCUT2D eigenvalue weighted by Crippen LogP contribution is 2.28. The molecule has 1 fully saturated rings. The molecule has 0 spiro atoms. The van der Waals surface area contributed by atoms with Gasteiger partial charge >= 0.3 is 0 Å². The van der Waals surface area contributed by atoms with Gasteiger partial charge in [0, 0.05) is 17.5 Å². The van der Waals surface area contributed by atoms with Crippen LogP contribution in [0.1, 0.15) is 18.4 Å². The summed E-state index contributed by atoms with van der Waals surface area (Å²) in [5.41, 5.74) is 1.72. The second-order valence-corrected chi connectivity index (χ2v) is 6.94. The van der Waals surface area contributed by atoms with Crippen LogP contribution in [0.5, 0.6) is 5.75 Å². The molecule has 1 saturated heterocycles. The van der Waals surface area contributed by atoms with Crippen LogP contribution in [0.4, 0.5) is 5.69 Å². The molecule has 0 aliphatic carbocycles. The van der Waals surface area contributed by atoms with Gasteiger partial charge in [-0.05, 0) is 56.1 Å². The number of carbonyl (C=O) groups excluding carboxylic acids is 1. The number of nitrogens with zero attached hydrogens (tertiary/aromatic N) is 1. The minimum Gasteiger partial charge on any atom is -0.506 e. The second-order valence-electron chi connectivity index (χ2n) is 6.50. The fourth-order valence-corrected chi connectivity index (χ4v) is 3.37. The maximum Gasteiger partial charge on any atom is 0.227 e. The summed E-state index contributed by atoms with van der Waals surface area (Å²) in [4.78, 5) is 14.8. The third-order valence-electron chi connectivity index (χ3n) is 4.73. The number of rotatable bonds is 5. The third-order valence-corrected chi connectivity index (χ3v) is 4.97. The number of phenolic OH excluding ortho intramolecular Hbond substituents is 1. The summed E-state index contributed by atoms with van der Waals surface area (Å²) in [6.45, 7) is 2.87. The summed E-state index contributed by atoms with van der Waals surface area (Å²) < 4.78 is 0. The Morgan fingerprint density at radius 3 is 2.60 bits per heavy atom. The number of carbonyl (C=O) groups is 1. The Morgan fingerprint density at radius 1 is 1.16 bits per heavy atom. The van der Waals surface area contributed by atoms with Gasteiger partial charge in [-0.1, -0.05) is 41.9 Å². The van der Waals surface area contributed by atoms with Crippen molar-refractivity contribution < 1.29 is 9.90 Å². The first-order valence-corrected chi connectivity index (χ1v) is 9.05. The predicted molar refractivity (Wildman–Crippen MR) is 101 cm³/mol. The lowest BCUT2D eigenvalue weighted by atomic mass is 9.95. The van der Waals surface area contributed by atoms with Crippen LogP contribution in [0.2, 0.25) is 5.02 Å². The largest absolute Gasteiger partial charge is 0.506 e. The van der Waals surface area contributed by atoms with Crippen LogP contribution in [-0.2, 0) is 11.2 Å². The van der Waals surface area contributed by atoms with E-state index >= 15 is 0 Å². The van der Waals surface area contributed by atoms with E-state index in [1.807, 2.05) is 6.07 Å². The molecule has 2 aromatic rings. The third kappa shape index (κ3) is 4.97. The Morgan fingerprint density at radius 2 is 1.88 bits per heavy atom. The number of benzene rings is 2. The monoisotopic (exact) mass is 358 g/mol. The maximum absolute atomic E-state index is 12.4. The van der Waals surface area contributed by atoms with E-state index < -0.39 is 0 Å². The van der Waals surface area contributed by atoms with Crippen LogP contribution in [0.3, 0.4) is 0 Å². The van der Waals surface area contributed by atoms with Gasteiger partial charge in [-0.15, -0.1) is 0 Å². The molecule has 1 aliphatic rings. The average Bonchev–Trinajstić information content (AvgIpc) is 2.64. The average molecular weight is 359 g/mol. The number of hydrogen-bond donors (Lipinski definition) is 2. The summed E-state index contributed by atoms with van der Waals surface area (Å²) in [6, 6.07) is 15.1. The molecular formula is C20H23ClN2O2. The number of halogens is 1. The number of aromatic hydroxyl groups is 1. The molecule has 3 rings (SSSR count). The van der Waals surface area contributed by atoms with Crippen LogP contribution < -0.4 is 5.32 Å². The van der Waals surface area contributed by atoms with Gasteiger partial charge in [-0.25, -0.2) is 0 Å². The van der Waals surface area contributed by atoms with E-state index in [0.717, 1.165) is 38.9 Å². The van der Waals surface area contributed by atoms with Crippen LogP contribution >= 0.6 is 11.6 Å². The minimum absolute atomic E-state index is 0.0219. The summed E-state index contributed by atoms with van der Waals surface area (Å²) in [5, 5.41) is 13.1. The molecular weight excluding hydrogens is 336 g/mol. The smallest absolute Gasteiger partial charge is 0.227 e. The highest BCUT2D eigenvalue weighted by molar-refractivity contribution is 6.31. The van der Waals surface area contributed by atoms with Crippen molar-refractivity contribution in [2.75, 3.05) is 25.0 Å². The topological polar surface area (TPSA) is 52.6 Å². The van der Waals surface area contributed by atoms with Crippen LogP contribution in [0.15, 0.2) is 48.5 Å². The molecule has 0 unspecified atom stereocenters. The highest BCUT2D eigenvalue weighted by atomic mass is 35.5. The zero-order valence-electron chi connectivity index (χ0n) is 14.1. The van der Waals surface area contributed by atoms with Crippen molar-refractivity contribution in [3.05, 3.63) is 59.1 Å². The van der Waals surface area contributed by atoms with Crippen molar-refractivity contribution in [2.24, 2.45) is 5.92 Å². The number of nitrogens with one attached hydrogen (secondary N) is 1. The first-order chi connectivity index (χ1) is 12.1. The van der Waals surface area contributed by atoms with Gasteiger partial charge < -0.3 is 15.3 Å². The lowest BCUT2D eigenvalue weighted by Gasteiger charge is -2.31. The van der Waals surface area contributed by atoms with Crippen molar-refractivity contribution in [3.63, 3.8) is 0 Å². The number of phenols is 1. The molecule has 2 N–H and O–H groups in total. The van der Waals surface area contributed by atoms with Crippen molar-refractivity contribution >= 4 is 23.2 Å². The van der Waals surface area contributed by atoms with Crippen molar-refractivity contribution in [3.8, 4) is 5.75 Å². The molecule has 1 heterocycles.